The lowest BCUT2D eigenvalue weighted by molar-refractivity contribution is -0.117. The number of anilines is 1. The smallest absolute Gasteiger partial charge is 0.266 e. The first-order valence-electron chi connectivity index (χ1n) is 6.07. The maximum Gasteiger partial charge on any atom is 0.266 e. The van der Waals surface area contributed by atoms with Crippen molar-refractivity contribution in [1.29, 1.82) is 0 Å². The summed E-state index contributed by atoms with van der Waals surface area (Å²) in [4.78, 5) is 15.2. The molecule has 0 aliphatic carbocycles. The van der Waals surface area contributed by atoms with E-state index in [9.17, 15) is 13.2 Å². The third kappa shape index (κ3) is 3.08. The molecule has 1 aromatic rings. The van der Waals surface area contributed by atoms with Gasteiger partial charge in [0.25, 0.3) is 10.0 Å². The highest BCUT2D eigenvalue weighted by Gasteiger charge is 2.26. The number of carbonyl (C=O) groups excluding carboxylic acids is 1. The minimum absolute atomic E-state index is 0.0547. The molecule has 0 radical (unpaired) electrons. The molecule has 0 unspecified atom stereocenters. The first kappa shape index (κ1) is 14.3. The fraction of sp³-hybridized carbons (Fsp3) is 0.333. The number of benzene rings is 1. The van der Waals surface area contributed by atoms with Crippen LogP contribution >= 0.6 is 0 Å². The summed E-state index contributed by atoms with van der Waals surface area (Å²) in [6.45, 7) is 3.67. The number of aliphatic imine (C=N–C) groups is 1. The first-order valence-corrected chi connectivity index (χ1v) is 7.55. The molecule has 0 spiro atoms. The molecule has 2 rings (SSSR count). The van der Waals surface area contributed by atoms with Crippen molar-refractivity contribution in [3.63, 3.8) is 0 Å². The van der Waals surface area contributed by atoms with Crippen LogP contribution in [0.5, 0.6) is 0 Å². The van der Waals surface area contributed by atoms with Gasteiger partial charge >= 0.3 is 0 Å². The second-order valence-electron chi connectivity index (χ2n) is 4.78. The van der Waals surface area contributed by atoms with Crippen LogP contribution < -0.4 is 15.8 Å². The molecular weight excluding hydrogens is 280 g/mol. The zero-order valence-electron chi connectivity index (χ0n) is 11.2. The van der Waals surface area contributed by atoms with E-state index in [1.165, 1.54) is 6.07 Å². The van der Waals surface area contributed by atoms with Crippen LogP contribution in [0, 0.1) is 0 Å². The number of primary amides is 1. The van der Waals surface area contributed by atoms with E-state index in [2.05, 4.69) is 15.0 Å². The van der Waals surface area contributed by atoms with Crippen LogP contribution in [0.3, 0.4) is 0 Å². The van der Waals surface area contributed by atoms with E-state index in [0.717, 1.165) is 0 Å². The molecular formula is C12H16N4O3S. The van der Waals surface area contributed by atoms with Gasteiger partial charge in [-0.05, 0) is 31.5 Å². The predicted molar refractivity (Wildman–Crippen MR) is 75.9 cm³/mol. The van der Waals surface area contributed by atoms with Crippen LogP contribution in [-0.4, -0.2) is 26.3 Å². The predicted octanol–water partition coefficient (Wildman–Crippen LogP) is 0.183. The van der Waals surface area contributed by atoms with Crippen molar-refractivity contribution in [1.82, 2.24) is 4.72 Å². The summed E-state index contributed by atoms with van der Waals surface area (Å²) in [5.41, 5.74) is 6.17. The maximum absolute atomic E-state index is 12.1. The molecule has 20 heavy (non-hydrogen) atoms. The first-order chi connectivity index (χ1) is 9.28. The normalized spacial score (nSPS) is 18.2. The second kappa shape index (κ2) is 5.12. The summed E-state index contributed by atoms with van der Waals surface area (Å²) in [6, 6.07) is 4.54. The zero-order valence-corrected chi connectivity index (χ0v) is 12.0. The third-order valence-electron chi connectivity index (χ3n) is 2.58. The molecule has 1 aliphatic rings. The summed E-state index contributed by atoms with van der Waals surface area (Å²) >= 11 is 0. The molecule has 0 aromatic heterocycles. The summed E-state index contributed by atoms with van der Waals surface area (Å²) in [5, 5.41) is 2.91. The number of nitrogens with two attached hydrogens (primary N) is 1. The minimum atomic E-state index is -3.64. The molecule has 0 atom stereocenters. The van der Waals surface area contributed by atoms with Crippen LogP contribution in [0.25, 0.3) is 0 Å². The van der Waals surface area contributed by atoms with Crippen LogP contribution in [0.2, 0.25) is 0 Å². The number of nitrogens with one attached hydrogen (secondary N) is 2. The molecule has 1 aromatic carbocycles. The van der Waals surface area contributed by atoms with E-state index in [4.69, 9.17) is 5.73 Å². The number of guanidine groups is 1. The largest absolute Gasteiger partial charge is 0.369 e. The van der Waals surface area contributed by atoms with Crippen molar-refractivity contribution in [2.24, 2.45) is 10.7 Å². The molecule has 108 valence electrons. The fourth-order valence-electron chi connectivity index (χ4n) is 1.87. The van der Waals surface area contributed by atoms with Gasteiger partial charge in [-0.15, -0.1) is 0 Å². The van der Waals surface area contributed by atoms with Gasteiger partial charge < -0.3 is 11.1 Å². The number of fused-ring (bicyclic) bond motifs is 1. The molecule has 1 amide bonds. The SMILES string of the molecule is CC(C)N=C1Nc2cc(CC(N)=O)ccc2S(=O)(=O)N1. The van der Waals surface area contributed by atoms with Gasteiger partial charge in [-0.2, -0.15) is 0 Å². The van der Waals surface area contributed by atoms with Gasteiger partial charge in [0, 0.05) is 6.04 Å². The Morgan fingerprint density at radius 3 is 2.70 bits per heavy atom. The lowest BCUT2D eigenvalue weighted by atomic mass is 10.1. The Bertz CT molecular complexity index is 680. The van der Waals surface area contributed by atoms with E-state index >= 15 is 0 Å². The van der Waals surface area contributed by atoms with E-state index in [-0.39, 0.29) is 23.3 Å². The fourth-order valence-corrected chi connectivity index (χ4v) is 2.99. The van der Waals surface area contributed by atoms with Gasteiger partial charge in [-0.3, -0.25) is 4.79 Å². The Labute approximate surface area is 117 Å². The monoisotopic (exact) mass is 296 g/mol. The highest BCUT2D eigenvalue weighted by atomic mass is 32.2. The highest BCUT2D eigenvalue weighted by molar-refractivity contribution is 7.90. The van der Waals surface area contributed by atoms with Gasteiger partial charge in [0.15, 0.2) is 0 Å². The lowest BCUT2D eigenvalue weighted by Gasteiger charge is -2.22. The Balaban J connectivity index is 2.45. The van der Waals surface area contributed by atoms with E-state index in [1.54, 1.807) is 12.1 Å². The molecule has 1 heterocycles. The average molecular weight is 296 g/mol. The highest BCUT2D eigenvalue weighted by Crippen LogP contribution is 2.26. The lowest BCUT2D eigenvalue weighted by Crippen LogP contribution is -2.41. The Morgan fingerprint density at radius 1 is 1.40 bits per heavy atom. The van der Waals surface area contributed by atoms with Gasteiger partial charge in [0.2, 0.25) is 11.9 Å². The number of hydrogen-bond donors (Lipinski definition) is 3. The maximum atomic E-state index is 12.1. The molecule has 0 saturated heterocycles. The van der Waals surface area contributed by atoms with Crippen molar-refractivity contribution < 1.29 is 13.2 Å². The van der Waals surface area contributed by atoms with Crippen LogP contribution in [0.15, 0.2) is 28.1 Å². The Morgan fingerprint density at radius 2 is 2.10 bits per heavy atom. The summed E-state index contributed by atoms with van der Waals surface area (Å²) in [6.07, 6.45) is 0.0547. The molecule has 7 nitrogen and oxygen atoms in total. The van der Waals surface area contributed by atoms with Gasteiger partial charge in [-0.1, -0.05) is 6.07 Å². The van der Waals surface area contributed by atoms with Crippen molar-refractivity contribution in [2.75, 3.05) is 5.32 Å². The average Bonchev–Trinajstić information content (AvgIpc) is 2.25. The third-order valence-corrected chi connectivity index (χ3v) is 3.98. The number of carbonyl (C=O) groups is 1. The number of nitrogens with zero attached hydrogens (tertiary/aromatic N) is 1. The van der Waals surface area contributed by atoms with Crippen molar-refractivity contribution in [3.05, 3.63) is 23.8 Å². The Hall–Kier alpha value is -2.09. The zero-order chi connectivity index (χ0) is 14.9. The molecule has 0 fully saturated rings. The van der Waals surface area contributed by atoms with Crippen LogP contribution in [0.4, 0.5) is 5.69 Å². The topological polar surface area (TPSA) is 114 Å². The van der Waals surface area contributed by atoms with Crippen molar-refractivity contribution >= 4 is 27.6 Å². The van der Waals surface area contributed by atoms with E-state index in [1.807, 2.05) is 13.8 Å². The van der Waals surface area contributed by atoms with Crippen molar-refractivity contribution in [2.45, 2.75) is 31.2 Å². The van der Waals surface area contributed by atoms with Crippen LogP contribution in [-0.2, 0) is 21.2 Å². The van der Waals surface area contributed by atoms with Gasteiger partial charge in [0.1, 0.15) is 4.90 Å². The molecule has 4 N–H and O–H groups in total. The van der Waals surface area contributed by atoms with Crippen molar-refractivity contribution in [3.8, 4) is 0 Å². The number of sulfonamides is 1. The summed E-state index contributed by atoms with van der Waals surface area (Å²) in [7, 11) is -3.64. The second-order valence-corrected chi connectivity index (χ2v) is 6.43. The minimum Gasteiger partial charge on any atom is -0.369 e. The Kier molecular flexibility index (Phi) is 3.67. The quantitative estimate of drug-likeness (QED) is 0.738. The molecule has 8 heteroatoms. The summed E-state index contributed by atoms with van der Waals surface area (Å²) in [5.74, 6) is -0.304. The number of amides is 1. The van der Waals surface area contributed by atoms with E-state index < -0.39 is 15.9 Å². The molecule has 0 saturated carbocycles. The number of hydrogen-bond acceptors (Lipinski definition) is 4. The van der Waals surface area contributed by atoms with Crippen LogP contribution in [0.1, 0.15) is 19.4 Å². The summed E-state index contributed by atoms with van der Waals surface area (Å²) < 4.78 is 26.5. The molecule has 0 bridgehead atoms. The van der Waals surface area contributed by atoms with E-state index in [0.29, 0.717) is 11.3 Å². The number of rotatable bonds is 3. The molecule has 1 aliphatic heterocycles. The van der Waals surface area contributed by atoms with Gasteiger partial charge in [-0.25, -0.2) is 18.1 Å². The standard InChI is InChI=1S/C12H16N4O3S/c1-7(2)14-12-15-9-5-8(6-11(13)17)3-4-10(9)20(18,19)16-12/h3-5,7H,6H2,1-2H3,(H2,13,17)(H2,14,15,16). The van der Waals surface area contributed by atoms with Gasteiger partial charge in [0.05, 0.1) is 12.1 Å².